The molecule has 0 saturated heterocycles. The molecule has 5 heteroatoms. The highest BCUT2D eigenvalue weighted by Crippen LogP contribution is 2.31. The Balaban J connectivity index is 3.03. The van der Waals surface area contributed by atoms with Gasteiger partial charge in [-0.1, -0.05) is 30.5 Å². The Morgan fingerprint density at radius 3 is 2.85 bits per heavy atom. The first kappa shape index (κ1) is 15.7. The molecule has 1 rings (SSSR count). The lowest BCUT2D eigenvalue weighted by Gasteiger charge is -2.07. The molecule has 0 atom stereocenters. The van der Waals surface area contributed by atoms with Crippen LogP contribution in [-0.2, 0) is 11.2 Å². The molecule has 0 radical (unpaired) electrons. The molecule has 1 aromatic rings. The summed E-state index contributed by atoms with van der Waals surface area (Å²) in [5.74, 6) is -1.01. The van der Waals surface area contributed by atoms with Gasteiger partial charge in [-0.05, 0) is 25.0 Å². The van der Waals surface area contributed by atoms with E-state index < -0.39 is 5.97 Å². The van der Waals surface area contributed by atoms with Crippen LogP contribution in [0.5, 0.6) is 0 Å². The molecule has 0 amide bonds. The third-order valence-corrected chi connectivity index (χ3v) is 3.55. The maximum absolute atomic E-state index is 10.9. The van der Waals surface area contributed by atoms with Crippen LogP contribution in [0.1, 0.15) is 23.7 Å². The molecule has 20 heavy (non-hydrogen) atoms. The van der Waals surface area contributed by atoms with Crippen LogP contribution in [-0.4, -0.2) is 16.1 Å². The first-order chi connectivity index (χ1) is 9.53. The van der Waals surface area contributed by atoms with Gasteiger partial charge in [0.15, 0.2) is 0 Å². The second kappa shape index (κ2) is 7.31. The minimum absolute atomic E-state index is 0.172. The van der Waals surface area contributed by atoms with Crippen LogP contribution in [0.2, 0.25) is 0 Å². The van der Waals surface area contributed by atoms with Crippen LogP contribution in [0.15, 0.2) is 42.5 Å². The Bertz CT molecular complexity index is 627. The molecule has 0 aliphatic heterocycles. The standard InChI is InChI=1S/C15H14N2O2S/c1-4-6-11-9-17-13(7-12(11)8-16)10(3)20-14(5-2)15(18)19/h4-5,7,9H,1,3,6H2,2H3,(H,18,19)/b14-5-. The Labute approximate surface area is 122 Å². The molecule has 1 heterocycles. The molecule has 0 spiro atoms. The molecule has 4 nitrogen and oxygen atoms in total. The summed E-state index contributed by atoms with van der Waals surface area (Å²) in [6.45, 7) is 9.08. The van der Waals surface area contributed by atoms with Crippen molar-refractivity contribution in [3.63, 3.8) is 0 Å². The zero-order valence-corrected chi connectivity index (χ0v) is 11.9. The number of nitriles is 1. The topological polar surface area (TPSA) is 74.0 Å². The lowest BCUT2D eigenvalue weighted by atomic mass is 10.1. The van der Waals surface area contributed by atoms with Crippen molar-refractivity contribution >= 4 is 22.6 Å². The van der Waals surface area contributed by atoms with Gasteiger partial charge in [0.1, 0.15) is 0 Å². The quantitative estimate of drug-likeness (QED) is 0.641. The molecule has 0 fully saturated rings. The summed E-state index contributed by atoms with van der Waals surface area (Å²) in [6, 6.07) is 3.71. The molecule has 102 valence electrons. The van der Waals surface area contributed by atoms with E-state index in [4.69, 9.17) is 10.4 Å². The summed E-state index contributed by atoms with van der Waals surface area (Å²) in [6.07, 6.45) is 5.35. The Kier molecular flexibility index (Phi) is 5.75. The van der Waals surface area contributed by atoms with Gasteiger partial charge in [0.2, 0.25) is 0 Å². The number of carbonyl (C=O) groups is 1. The molecule has 1 aromatic heterocycles. The molecular weight excluding hydrogens is 272 g/mol. The summed E-state index contributed by atoms with van der Waals surface area (Å²) in [7, 11) is 0. The molecule has 1 N–H and O–H groups in total. The fraction of sp³-hybridized carbons (Fsp3) is 0.133. The Morgan fingerprint density at radius 2 is 2.35 bits per heavy atom. The van der Waals surface area contributed by atoms with Crippen LogP contribution in [0.3, 0.4) is 0 Å². The summed E-state index contributed by atoms with van der Waals surface area (Å²) in [5, 5.41) is 18.1. The molecule has 0 aliphatic rings. The Hall–Kier alpha value is -2.32. The summed E-state index contributed by atoms with van der Waals surface area (Å²) in [5.41, 5.74) is 1.78. The SMILES string of the molecule is C=CCc1cnc(C(=C)S/C(=C\C)C(=O)O)cc1C#N. The zero-order chi connectivity index (χ0) is 15.1. The van der Waals surface area contributed by atoms with Gasteiger partial charge in [0, 0.05) is 11.1 Å². The van der Waals surface area contributed by atoms with Crippen molar-refractivity contribution in [3.8, 4) is 6.07 Å². The lowest BCUT2D eigenvalue weighted by Crippen LogP contribution is -1.98. The van der Waals surface area contributed by atoms with Crippen molar-refractivity contribution in [2.24, 2.45) is 0 Å². The highest BCUT2D eigenvalue weighted by atomic mass is 32.2. The van der Waals surface area contributed by atoms with Crippen molar-refractivity contribution < 1.29 is 9.90 Å². The second-order valence-corrected chi connectivity index (χ2v) is 4.95. The lowest BCUT2D eigenvalue weighted by molar-refractivity contribution is -0.131. The number of carboxylic acid groups (broad SMARTS) is 1. The van der Waals surface area contributed by atoms with Gasteiger partial charge in [0.25, 0.3) is 0 Å². The largest absolute Gasteiger partial charge is 0.477 e. The fourth-order valence-electron chi connectivity index (χ4n) is 1.47. The van der Waals surface area contributed by atoms with Crippen LogP contribution in [0, 0.1) is 11.3 Å². The van der Waals surface area contributed by atoms with Gasteiger partial charge in [-0.3, -0.25) is 4.98 Å². The number of thioether (sulfide) groups is 1. The van der Waals surface area contributed by atoms with E-state index in [2.05, 4.69) is 24.2 Å². The third-order valence-electron chi connectivity index (χ3n) is 2.46. The maximum atomic E-state index is 10.9. The molecule has 0 bridgehead atoms. The van der Waals surface area contributed by atoms with Crippen molar-refractivity contribution in [2.45, 2.75) is 13.3 Å². The first-order valence-electron chi connectivity index (χ1n) is 5.80. The number of carboxylic acids is 1. The average molecular weight is 286 g/mol. The van der Waals surface area contributed by atoms with E-state index in [-0.39, 0.29) is 4.91 Å². The van der Waals surface area contributed by atoms with E-state index in [1.165, 1.54) is 6.08 Å². The highest BCUT2D eigenvalue weighted by molar-refractivity contribution is 8.12. The van der Waals surface area contributed by atoms with Crippen molar-refractivity contribution in [3.05, 3.63) is 59.3 Å². The predicted octanol–water partition coefficient (Wildman–Crippen LogP) is 3.37. The van der Waals surface area contributed by atoms with Gasteiger partial charge in [0.05, 0.1) is 22.2 Å². The first-order valence-corrected chi connectivity index (χ1v) is 6.61. The number of hydrogen-bond donors (Lipinski definition) is 1. The molecule has 0 aliphatic carbocycles. The summed E-state index contributed by atoms with van der Waals surface area (Å²) in [4.78, 5) is 15.8. The van der Waals surface area contributed by atoms with Crippen molar-refractivity contribution in [1.29, 1.82) is 5.26 Å². The smallest absolute Gasteiger partial charge is 0.342 e. The van der Waals surface area contributed by atoms with Crippen molar-refractivity contribution in [1.82, 2.24) is 4.98 Å². The van der Waals surface area contributed by atoms with Crippen LogP contribution in [0.4, 0.5) is 0 Å². The number of hydrogen-bond acceptors (Lipinski definition) is 4. The highest BCUT2D eigenvalue weighted by Gasteiger charge is 2.12. The van der Waals surface area contributed by atoms with E-state index >= 15 is 0 Å². The monoisotopic (exact) mass is 286 g/mol. The van der Waals surface area contributed by atoms with Crippen LogP contribution < -0.4 is 0 Å². The minimum Gasteiger partial charge on any atom is -0.477 e. The van der Waals surface area contributed by atoms with Crippen LogP contribution >= 0.6 is 11.8 Å². The van der Waals surface area contributed by atoms with E-state index in [0.717, 1.165) is 17.3 Å². The maximum Gasteiger partial charge on any atom is 0.342 e. The number of rotatable bonds is 6. The minimum atomic E-state index is -1.01. The van der Waals surface area contributed by atoms with E-state index in [1.807, 2.05) is 0 Å². The van der Waals surface area contributed by atoms with Gasteiger partial charge in [-0.25, -0.2) is 4.79 Å². The number of allylic oxidation sites excluding steroid dienone is 2. The predicted molar refractivity (Wildman–Crippen MR) is 80.9 cm³/mol. The number of aromatic nitrogens is 1. The summed E-state index contributed by atoms with van der Waals surface area (Å²) < 4.78 is 0. The van der Waals surface area contributed by atoms with E-state index in [0.29, 0.717) is 22.6 Å². The Morgan fingerprint density at radius 1 is 1.65 bits per heavy atom. The number of aliphatic carboxylic acids is 1. The molecular formula is C15H14N2O2S. The second-order valence-electron chi connectivity index (χ2n) is 3.81. The fourth-order valence-corrected chi connectivity index (χ4v) is 2.16. The molecule has 0 unspecified atom stereocenters. The summed E-state index contributed by atoms with van der Waals surface area (Å²) >= 11 is 1.02. The average Bonchev–Trinajstić information content (AvgIpc) is 2.44. The number of pyridine rings is 1. The van der Waals surface area contributed by atoms with E-state index in [9.17, 15) is 4.79 Å². The van der Waals surface area contributed by atoms with Gasteiger partial charge >= 0.3 is 5.97 Å². The third kappa shape index (κ3) is 3.84. The normalized spacial score (nSPS) is 10.7. The van der Waals surface area contributed by atoms with Gasteiger partial charge in [-0.15, -0.1) is 6.58 Å². The molecule has 0 aromatic carbocycles. The molecule has 0 saturated carbocycles. The van der Waals surface area contributed by atoms with Crippen molar-refractivity contribution in [2.75, 3.05) is 0 Å². The van der Waals surface area contributed by atoms with Crippen LogP contribution in [0.25, 0.3) is 4.91 Å². The van der Waals surface area contributed by atoms with Gasteiger partial charge < -0.3 is 5.11 Å². The van der Waals surface area contributed by atoms with E-state index in [1.54, 1.807) is 25.3 Å². The van der Waals surface area contributed by atoms with Gasteiger partial charge in [-0.2, -0.15) is 5.26 Å². The zero-order valence-electron chi connectivity index (χ0n) is 11.1. The number of nitrogens with zero attached hydrogens (tertiary/aromatic N) is 2.